The number of benzene rings is 4. The van der Waals surface area contributed by atoms with E-state index in [2.05, 4.69) is 4.98 Å². The van der Waals surface area contributed by atoms with Gasteiger partial charge in [-0.05, 0) is 52.7 Å². The summed E-state index contributed by atoms with van der Waals surface area (Å²) in [6, 6.07) is 36.2. The molecule has 11 heteroatoms. The zero-order valence-electron chi connectivity index (χ0n) is 29.7. The molecule has 4 aromatic carbocycles. The zero-order chi connectivity index (χ0) is 36.9. The van der Waals surface area contributed by atoms with Gasteiger partial charge in [-0.1, -0.05) is 72.8 Å². The Kier molecular flexibility index (Phi) is 10.0. The highest BCUT2D eigenvalue weighted by molar-refractivity contribution is 5.89. The molecular formula is C43H38N4O7. The number of para-hydroxylation sites is 1. The van der Waals surface area contributed by atoms with Crippen LogP contribution < -0.4 is 9.47 Å². The summed E-state index contributed by atoms with van der Waals surface area (Å²) in [6.45, 7) is 1.50. The lowest BCUT2D eigenvalue weighted by Crippen LogP contribution is -2.52. The largest absolute Gasteiger partial charge is 0.491 e. The first-order chi connectivity index (χ1) is 26.5. The molecule has 1 fully saturated rings. The van der Waals surface area contributed by atoms with Crippen LogP contribution in [0.15, 0.2) is 128 Å². The number of carbonyl (C=O) groups is 2. The van der Waals surface area contributed by atoms with Crippen molar-refractivity contribution in [3.8, 4) is 22.9 Å². The fourth-order valence-corrected chi connectivity index (χ4v) is 6.66. The molecule has 0 spiro atoms. The van der Waals surface area contributed by atoms with Gasteiger partial charge in [-0.25, -0.2) is 19.6 Å². The number of piperidine rings is 1. The van der Waals surface area contributed by atoms with Crippen LogP contribution in [0.25, 0.3) is 38.7 Å². The van der Waals surface area contributed by atoms with E-state index >= 15 is 0 Å². The summed E-state index contributed by atoms with van der Waals surface area (Å²) in [5.74, 6) is 0.736. The van der Waals surface area contributed by atoms with Gasteiger partial charge in [0.1, 0.15) is 42.0 Å². The quantitative estimate of drug-likeness (QED) is 0.0977. The number of likely N-dealkylation sites (tertiary alicyclic amines) is 1. The summed E-state index contributed by atoms with van der Waals surface area (Å²) in [7, 11) is 1.63. The van der Waals surface area contributed by atoms with E-state index in [1.54, 1.807) is 42.5 Å². The summed E-state index contributed by atoms with van der Waals surface area (Å²) in [4.78, 5) is 37.9. The maximum Gasteiger partial charge on any atom is 0.410 e. The fraction of sp³-hybridized carbons (Fsp3) is 0.209. The van der Waals surface area contributed by atoms with Crippen LogP contribution in [0.2, 0.25) is 0 Å². The number of pyridine rings is 2. The molecule has 7 aromatic rings. The topological polar surface area (TPSA) is 114 Å². The monoisotopic (exact) mass is 722 g/mol. The molecule has 1 aliphatic heterocycles. The van der Waals surface area contributed by atoms with Crippen LogP contribution in [0.3, 0.4) is 0 Å². The summed E-state index contributed by atoms with van der Waals surface area (Å²) < 4.78 is 31.3. The molecule has 0 bridgehead atoms. The number of fused-ring (bicyclic) bond motifs is 3. The highest BCUT2D eigenvalue weighted by Gasteiger charge is 2.37. The number of nitrogens with zero attached hydrogens (tertiary/aromatic N) is 4. The van der Waals surface area contributed by atoms with Crippen molar-refractivity contribution in [3.63, 3.8) is 0 Å². The second kappa shape index (κ2) is 15.6. The van der Waals surface area contributed by atoms with Gasteiger partial charge < -0.3 is 28.6 Å². The molecule has 1 saturated heterocycles. The predicted octanol–water partition coefficient (Wildman–Crippen LogP) is 7.74. The third kappa shape index (κ3) is 7.53. The number of aromatic nitrogens is 3. The number of ether oxygens (including phenoxy) is 5. The summed E-state index contributed by atoms with van der Waals surface area (Å²) in [5.41, 5.74) is 4.17. The molecule has 1 aliphatic rings. The third-order valence-electron chi connectivity index (χ3n) is 9.47. The minimum Gasteiger partial charge on any atom is -0.491 e. The Hall–Kier alpha value is -6.46. The number of amides is 1. The lowest BCUT2D eigenvalue weighted by molar-refractivity contribution is -0.0452. The molecule has 11 nitrogen and oxygen atoms in total. The van der Waals surface area contributed by atoms with Gasteiger partial charge in [0.25, 0.3) is 0 Å². The van der Waals surface area contributed by atoms with Crippen molar-refractivity contribution in [1.82, 2.24) is 19.3 Å². The maximum absolute atomic E-state index is 13.4. The van der Waals surface area contributed by atoms with E-state index in [0.717, 1.165) is 33.1 Å². The number of esters is 1. The van der Waals surface area contributed by atoms with Crippen molar-refractivity contribution in [2.45, 2.75) is 25.2 Å². The van der Waals surface area contributed by atoms with Crippen molar-refractivity contribution in [1.29, 1.82) is 0 Å². The standard InChI is InChI=1S/C43H38N4O7/c1-50-22-23-51-34-18-21-47-36(26-44-40(47)25-34)35-17-16-31-12-7-13-38(41(31)45-35)53-37-19-20-46(27-39(37)54-42(48)32-9-3-2-4-10-32)43(49)52-28-29-14-15-30-8-5-6-11-33(30)24-29/h2-18,21,24-26,37,39H,19-20,22-23,27-28H2,1H3. The van der Waals surface area contributed by atoms with Gasteiger partial charge in [-0.3, -0.25) is 4.40 Å². The van der Waals surface area contributed by atoms with Crippen LogP contribution in [0.4, 0.5) is 4.79 Å². The molecule has 1 amide bonds. The fourth-order valence-electron chi connectivity index (χ4n) is 6.66. The molecule has 54 heavy (non-hydrogen) atoms. The van der Waals surface area contributed by atoms with Crippen molar-refractivity contribution < 1.29 is 33.3 Å². The number of hydrogen-bond acceptors (Lipinski definition) is 9. The van der Waals surface area contributed by atoms with Crippen LogP contribution >= 0.6 is 0 Å². The van der Waals surface area contributed by atoms with E-state index in [1.807, 2.05) is 102 Å². The van der Waals surface area contributed by atoms with Gasteiger partial charge in [-0.15, -0.1) is 0 Å². The Morgan fingerprint density at radius 3 is 2.50 bits per heavy atom. The molecule has 4 heterocycles. The predicted molar refractivity (Wildman–Crippen MR) is 204 cm³/mol. The van der Waals surface area contributed by atoms with Gasteiger partial charge >= 0.3 is 12.1 Å². The molecule has 0 saturated carbocycles. The number of rotatable bonds is 11. The van der Waals surface area contributed by atoms with Gasteiger partial charge in [0, 0.05) is 37.7 Å². The van der Waals surface area contributed by atoms with Crippen molar-refractivity contribution >= 4 is 39.4 Å². The third-order valence-corrected chi connectivity index (χ3v) is 9.47. The Morgan fingerprint density at radius 2 is 1.63 bits per heavy atom. The van der Waals surface area contributed by atoms with Gasteiger partial charge in [-0.2, -0.15) is 0 Å². The zero-order valence-corrected chi connectivity index (χ0v) is 29.7. The molecule has 0 N–H and O–H groups in total. The lowest BCUT2D eigenvalue weighted by Gasteiger charge is -2.37. The van der Waals surface area contributed by atoms with E-state index < -0.39 is 24.3 Å². The van der Waals surface area contributed by atoms with Crippen LogP contribution in [-0.4, -0.2) is 77.0 Å². The van der Waals surface area contributed by atoms with E-state index in [1.165, 1.54) is 0 Å². The van der Waals surface area contributed by atoms with E-state index in [0.29, 0.717) is 54.5 Å². The van der Waals surface area contributed by atoms with Crippen molar-refractivity contribution in [3.05, 3.63) is 139 Å². The number of methoxy groups -OCH3 is 1. The first kappa shape index (κ1) is 34.6. The van der Waals surface area contributed by atoms with E-state index in [9.17, 15) is 9.59 Å². The summed E-state index contributed by atoms with van der Waals surface area (Å²) in [5, 5.41) is 3.07. The van der Waals surface area contributed by atoms with Crippen LogP contribution in [0.1, 0.15) is 22.3 Å². The smallest absolute Gasteiger partial charge is 0.410 e. The number of hydrogen-bond donors (Lipinski definition) is 0. The second-order valence-electron chi connectivity index (χ2n) is 13.0. The first-order valence-electron chi connectivity index (χ1n) is 17.8. The van der Waals surface area contributed by atoms with Crippen LogP contribution in [0.5, 0.6) is 11.5 Å². The average molecular weight is 723 g/mol. The Bertz CT molecular complexity index is 2430. The summed E-state index contributed by atoms with van der Waals surface area (Å²) >= 11 is 0. The maximum atomic E-state index is 13.4. The molecule has 272 valence electrons. The van der Waals surface area contributed by atoms with Crippen molar-refractivity contribution in [2.24, 2.45) is 0 Å². The number of imidazole rings is 1. The molecule has 0 radical (unpaired) electrons. The molecule has 8 rings (SSSR count). The van der Waals surface area contributed by atoms with E-state index in [-0.39, 0.29) is 13.2 Å². The summed E-state index contributed by atoms with van der Waals surface area (Å²) in [6.07, 6.45) is 2.25. The molecule has 2 atom stereocenters. The van der Waals surface area contributed by atoms with Crippen molar-refractivity contribution in [2.75, 3.05) is 33.4 Å². The molecule has 0 aliphatic carbocycles. The Balaban J connectivity index is 1.02. The highest BCUT2D eigenvalue weighted by Crippen LogP contribution is 2.31. The minimum atomic E-state index is -0.780. The lowest BCUT2D eigenvalue weighted by atomic mass is 10.0. The average Bonchev–Trinajstić information content (AvgIpc) is 3.64. The first-order valence-corrected chi connectivity index (χ1v) is 17.8. The van der Waals surface area contributed by atoms with Gasteiger partial charge in [0.05, 0.1) is 36.3 Å². The second-order valence-corrected chi connectivity index (χ2v) is 13.0. The van der Waals surface area contributed by atoms with Crippen LogP contribution in [-0.2, 0) is 20.8 Å². The minimum absolute atomic E-state index is 0.0994. The Labute approximate surface area is 311 Å². The van der Waals surface area contributed by atoms with E-state index in [4.69, 9.17) is 28.7 Å². The Morgan fingerprint density at radius 1 is 0.815 bits per heavy atom. The molecule has 3 aromatic heterocycles. The number of carbonyl (C=O) groups excluding carboxylic acids is 2. The highest BCUT2D eigenvalue weighted by atomic mass is 16.6. The molecular weight excluding hydrogens is 684 g/mol. The van der Waals surface area contributed by atoms with Gasteiger partial charge in [0.15, 0.2) is 6.10 Å². The normalized spacial score (nSPS) is 15.7. The van der Waals surface area contributed by atoms with Gasteiger partial charge in [0.2, 0.25) is 0 Å². The van der Waals surface area contributed by atoms with Crippen LogP contribution in [0, 0.1) is 0 Å². The SMILES string of the molecule is COCCOc1ccn2c(-c3ccc4cccc(OC5CCN(C(=O)OCc6ccc7ccccc7c6)CC5OC(=O)c5ccccc5)c4n3)cnc2c1. The molecule has 2 unspecified atom stereocenters.